The number of nitrogens with zero attached hydrogens (tertiary/aromatic N) is 3. The Balaban J connectivity index is 1.23. The third-order valence-corrected chi connectivity index (χ3v) is 9.95. The van der Waals surface area contributed by atoms with E-state index in [1.807, 2.05) is 57.2 Å². The minimum atomic E-state index is -3.51. The summed E-state index contributed by atoms with van der Waals surface area (Å²) in [6.07, 6.45) is 3.14. The van der Waals surface area contributed by atoms with E-state index in [1.54, 1.807) is 11.8 Å². The largest absolute Gasteiger partial charge is 0.487 e. The lowest BCUT2D eigenvalue weighted by molar-refractivity contribution is -0.0272. The molecule has 5 rings (SSSR count). The Morgan fingerprint density at radius 2 is 1.74 bits per heavy atom. The molecule has 0 atom stereocenters. The molecule has 2 aliphatic heterocycles. The number of carbonyl (C=O) groups excluding carboxylic acids is 1. The fourth-order valence-corrected chi connectivity index (χ4v) is 7.34. The zero-order valence-corrected chi connectivity index (χ0v) is 23.8. The van der Waals surface area contributed by atoms with Gasteiger partial charge in [0.1, 0.15) is 22.0 Å². The summed E-state index contributed by atoms with van der Waals surface area (Å²) in [5, 5.41) is 8.24. The summed E-state index contributed by atoms with van der Waals surface area (Å²) in [4.78, 5) is 14.2. The van der Waals surface area contributed by atoms with Crippen molar-refractivity contribution < 1.29 is 22.7 Å². The van der Waals surface area contributed by atoms with Crippen LogP contribution in [0.5, 0.6) is 5.75 Å². The van der Waals surface area contributed by atoms with E-state index >= 15 is 0 Å². The molecule has 3 aromatic rings. The third-order valence-electron chi connectivity index (χ3n) is 6.98. The molecule has 0 unspecified atom stereocenters. The van der Waals surface area contributed by atoms with Crippen LogP contribution < -0.4 is 4.74 Å². The van der Waals surface area contributed by atoms with Crippen LogP contribution in [0.25, 0.3) is 11.1 Å². The number of likely N-dealkylation sites (tertiary alicyclic amines) is 1. The highest BCUT2D eigenvalue weighted by Gasteiger charge is 2.41. The Morgan fingerprint density at radius 3 is 2.37 bits per heavy atom. The maximum absolute atomic E-state index is 12.6. The van der Waals surface area contributed by atoms with Crippen molar-refractivity contribution in [1.29, 1.82) is 0 Å². The van der Waals surface area contributed by atoms with Gasteiger partial charge in [-0.15, -0.1) is 10.2 Å². The Hall–Kier alpha value is -2.98. The van der Waals surface area contributed by atoms with Crippen molar-refractivity contribution in [2.75, 3.05) is 13.1 Å². The van der Waals surface area contributed by atoms with E-state index in [0.717, 1.165) is 53.9 Å². The standard InChI is InChI=1S/C28H33N3O5S2/c1-19-29-30-25(37-19)38(33,34)18-20-5-7-21(8-6-20)22-9-10-24-23(17-22)11-12-28(35-24)13-15-31(16-14-28)26(32)36-27(2,3)4/h5-10,17H,11-16,18H2,1-4H3. The monoisotopic (exact) mass is 555 g/mol. The van der Waals surface area contributed by atoms with Crippen LogP contribution in [-0.2, 0) is 26.7 Å². The second kappa shape index (κ2) is 9.96. The van der Waals surface area contributed by atoms with Gasteiger partial charge in [-0.25, -0.2) is 13.2 Å². The Bertz CT molecular complexity index is 1430. The molecule has 0 aliphatic carbocycles. The van der Waals surface area contributed by atoms with Gasteiger partial charge in [0.15, 0.2) is 0 Å². The zero-order chi connectivity index (χ0) is 27.1. The minimum Gasteiger partial charge on any atom is -0.487 e. The molecule has 0 radical (unpaired) electrons. The summed E-state index contributed by atoms with van der Waals surface area (Å²) >= 11 is 1.09. The predicted molar refractivity (Wildman–Crippen MR) is 146 cm³/mol. The highest BCUT2D eigenvalue weighted by atomic mass is 32.2. The molecule has 1 spiro atoms. The Morgan fingerprint density at radius 1 is 1.05 bits per heavy atom. The van der Waals surface area contributed by atoms with E-state index in [4.69, 9.17) is 9.47 Å². The first kappa shape index (κ1) is 26.6. The van der Waals surface area contributed by atoms with Gasteiger partial charge in [-0.3, -0.25) is 0 Å². The number of rotatable bonds is 4. The predicted octanol–water partition coefficient (Wildman–Crippen LogP) is 5.58. The number of aryl methyl sites for hydroxylation is 2. The number of piperidine rings is 1. The molecule has 8 nitrogen and oxygen atoms in total. The molecule has 38 heavy (non-hydrogen) atoms. The van der Waals surface area contributed by atoms with Crippen molar-refractivity contribution in [2.45, 2.75) is 74.7 Å². The number of aromatic nitrogens is 2. The lowest BCUT2D eigenvalue weighted by Crippen LogP contribution is -2.52. The van der Waals surface area contributed by atoms with Crippen molar-refractivity contribution in [3.05, 3.63) is 58.6 Å². The summed E-state index contributed by atoms with van der Waals surface area (Å²) in [6, 6.07) is 13.8. The van der Waals surface area contributed by atoms with Gasteiger partial charge in [0.05, 0.1) is 5.75 Å². The summed E-state index contributed by atoms with van der Waals surface area (Å²) in [7, 11) is -3.51. The summed E-state index contributed by atoms with van der Waals surface area (Å²) in [6.45, 7) is 8.64. The lowest BCUT2D eigenvalue weighted by atomic mass is 9.82. The molecule has 2 aliphatic rings. The second-order valence-electron chi connectivity index (χ2n) is 11.1. The molecular formula is C28H33N3O5S2. The molecule has 0 saturated carbocycles. The van der Waals surface area contributed by atoms with Gasteiger partial charge in [-0.1, -0.05) is 41.7 Å². The van der Waals surface area contributed by atoms with E-state index in [0.29, 0.717) is 23.7 Å². The van der Waals surface area contributed by atoms with Gasteiger partial charge in [-0.2, -0.15) is 0 Å². The average Bonchev–Trinajstić information content (AvgIpc) is 3.31. The molecule has 1 fully saturated rings. The Kier molecular flexibility index (Phi) is 6.98. The van der Waals surface area contributed by atoms with Crippen LogP contribution in [0.2, 0.25) is 0 Å². The Labute approximate surface area is 227 Å². The first-order chi connectivity index (χ1) is 17.9. The quantitative estimate of drug-likeness (QED) is 0.414. The molecular weight excluding hydrogens is 522 g/mol. The van der Waals surface area contributed by atoms with Crippen LogP contribution in [-0.4, -0.2) is 53.9 Å². The number of carbonyl (C=O) groups is 1. The van der Waals surface area contributed by atoms with Crippen LogP contribution in [0.15, 0.2) is 46.8 Å². The first-order valence-corrected chi connectivity index (χ1v) is 15.3. The van der Waals surface area contributed by atoms with Gasteiger partial charge in [0.2, 0.25) is 14.2 Å². The highest BCUT2D eigenvalue weighted by molar-refractivity contribution is 7.92. The van der Waals surface area contributed by atoms with E-state index in [9.17, 15) is 13.2 Å². The van der Waals surface area contributed by atoms with Crippen molar-refractivity contribution in [3.8, 4) is 16.9 Å². The SMILES string of the molecule is Cc1nnc(S(=O)(=O)Cc2ccc(-c3ccc4c(c3)CCC3(CCN(C(=O)OC(C)(C)C)CC3)O4)cc2)s1. The number of sulfone groups is 1. The number of fused-ring (bicyclic) bond motifs is 1. The van der Waals surface area contributed by atoms with Gasteiger partial charge in [-0.05, 0) is 74.9 Å². The number of amides is 1. The average molecular weight is 556 g/mol. The van der Waals surface area contributed by atoms with Crippen LogP contribution in [0.3, 0.4) is 0 Å². The number of benzene rings is 2. The molecule has 3 heterocycles. The van der Waals surface area contributed by atoms with Gasteiger partial charge in [0, 0.05) is 25.9 Å². The fourth-order valence-electron chi connectivity index (χ4n) is 4.95. The van der Waals surface area contributed by atoms with E-state index in [1.165, 1.54) is 5.56 Å². The summed E-state index contributed by atoms with van der Waals surface area (Å²) in [5.41, 5.74) is 3.22. The highest BCUT2D eigenvalue weighted by Crippen LogP contribution is 2.41. The van der Waals surface area contributed by atoms with Gasteiger partial charge in [0.25, 0.3) is 0 Å². The van der Waals surface area contributed by atoms with Crippen LogP contribution in [0.1, 0.15) is 56.2 Å². The summed E-state index contributed by atoms with van der Waals surface area (Å²) < 4.78 is 37.4. The molecule has 1 amide bonds. The summed E-state index contributed by atoms with van der Waals surface area (Å²) in [5.74, 6) is 0.800. The molecule has 1 saturated heterocycles. The molecule has 10 heteroatoms. The van der Waals surface area contributed by atoms with Crippen molar-refractivity contribution in [3.63, 3.8) is 0 Å². The van der Waals surface area contributed by atoms with Crippen LogP contribution >= 0.6 is 11.3 Å². The van der Waals surface area contributed by atoms with Crippen molar-refractivity contribution in [2.24, 2.45) is 0 Å². The van der Waals surface area contributed by atoms with Gasteiger partial charge < -0.3 is 14.4 Å². The van der Waals surface area contributed by atoms with Gasteiger partial charge >= 0.3 is 6.09 Å². The fraction of sp³-hybridized carbons (Fsp3) is 0.464. The molecule has 0 N–H and O–H groups in total. The van der Waals surface area contributed by atoms with Crippen molar-refractivity contribution >= 4 is 27.3 Å². The topological polar surface area (TPSA) is 98.7 Å². The number of ether oxygens (including phenoxy) is 2. The zero-order valence-electron chi connectivity index (χ0n) is 22.2. The normalized spacial score (nSPS) is 17.1. The number of hydrogen-bond acceptors (Lipinski definition) is 8. The maximum atomic E-state index is 12.6. The molecule has 202 valence electrons. The number of hydrogen-bond donors (Lipinski definition) is 0. The van der Waals surface area contributed by atoms with Crippen molar-refractivity contribution in [1.82, 2.24) is 15.1 Å². The molecule has 0 bridgehead atoms. The van der Waals surface area contributed by atoms with E-state index in [-0.39, 0.29) is 21.8 Å². The maximum Gasteiger partial charge on any atom is 0.410 e. The minimum absolute atomic E-state index is 0.0575. The third kappa shape index (κ3) is 5.86. The van der Waals surface area contributed by atoms with Crippen LogP contribution in [0.4, 0.5) is 4.79 Å². The van der Waals surface area contributed by atoms with E-state index < -0.39 is 15.4 Å². The smallest absolute Gasteiger partial charge is 0.410 e. The molecule has 2 aromatic carbocycles. The molecule has 1 aromatic heterocycles. The van der Waals surface area contributed by atoms with E-state index in [2.05, 4.69) is 16.3 Å². The first-order valence-electron chi connectivity index (χ1n) is 12.8. The lowest BCUT2D eigenvalue weighted by Gasteiger charge is -2.44. The van der Waals surface area contributed by atoms with Crippen LogP contribution in [0, 0.1) is 6.92 Å². The second-order valence-corrected chi connectivity index (χ2v) is 14.5.